The van der Waals surface area contributed by atoms with Gasteiger partial charge in [-0.05, 0) is 64.2 Å². The van der Waals surface area contributed by atoms with Gasteiger partial charge in [0.25, 0.3) is 0 Å². The summed E-state index contributed by atoms with van der Waals surface area (Å²) in [6.45, 7) is 10.2. The molecule has 11 heteroatoms. The van der Waals surface area contributed by atoms with Crippen LogP contribution in [0.3, 0.4) is 0 Å². The molecule has 1 aliphatic heterocycles. The number of carbonyl (C=O) groups excluding carboxylic acids is 1. The van der Waals surface area contributed by atoms with E-state index in [-0.39, 0.29) is 28.6 Å². The molecule has 0 saturated carbocycles. The molecule has 1 amide bonds. The van der Waals surface area contributed by atoms with E-state index in [4.69, 9.17) is 14.7 Å². The lowest BCUT2D eigenvalue weighted by Gasteiger charge is -2.38. The number of amides is 1. The SMILES string of the molecule is CC(C)NS(=O)(=O)c1cn(C(c2ccccc2)(c2ccccc2)c2ccccc2)c2ncc(NC3CCN(C(=O)OC(C)(C)C)CC3)nc12. The number of hydrogen-bond acceptors (Lipinski definition) is 7. The van der Waals surface area contributed by atoms with Crippen molar-refractivity contribution in [1.29, 1.82) is 0 Å². The molecule has 0 radical (unpaired) electrons. The first-order valence-electron chi connectivity index (χ1n) is 16.7. The number of sulfonamides is 1. The highest BCUT2D eigenvalue weighted by molar-refractivity contribution is 7.89. The number of rotatable bonds is 9. The van der Waals surface area contributed by atoms with Crippen LogP contribution in [-0.4, -0.2) is 64.7 Å². The molecule has 1 aliphatic rings. The van der Waals surface area contributed by atoms with Gasteiger partial charge in [-0.15, -0.1) is 0 Å². The van der Waals surface area contributed by atoms with E-state index < -0.39 is 21.2 Å². The zero-order valence-electron chi connectivity index (χ0n) is 28.6. The van der Waals surface area contributed by atoms with Crippen LogP contribution in [0.4, 0.5) is 10.6 Å². The van der Waals surface area contributed by atoms with Crippen molar-refractivity contribution in [2.75, 3.05) is 18.4 Å². The molecule has 49 heavy (non-hydrogen) atoms. The second-order valence-corrected chi connectivity index (χ2v) is 15.4. The molecule has 0 unspecified atom stereocenters. The average molecular weight is 681 g/mol. The Morgan fingerprint density at radius 2 is 1.37 bits per heavy atom. The Balaban J connectivity index is 1.49. The summed E-state index contributed by atoms with van der Waals surface area (Å²) in [4.78, 5) is 24.3. The molecule has 0 bridgehead atoms. The van der Waals surface area contributed by atoms with Crippen LogP contribution in [0.15, 0.2) is 108 Å². The second-order valence-electron chi connectivity index (χ2n) is 13.8. The van der Waals surface area contributed by atoms with Crippen LogP contribution in [0.2, 0.25) is 0 Å². The monoisotopic (exact) mass is 680 g/mol. The molecule has 1 fully saturated rings. The predicted molar refractivity (Wildman–Crippen MR) is 192 cm³/mol. The third kappa shape index (κ3) is 7.04. The Kier molecular flexibility index (Phi) is 9.50. The molecule has 3 heterocycles. The van der Waals surface area contributed by atoms with Crippen molar-refractivity contribution < 1.29 is 17.9 Å². The smallest absolute Gasteiger partial charge is 0.410 e. The van der Waals surface area contributed by atoms with E-state index in [0.717, 1.165) is 16.7 Å². The van der Waals surface area contributed by atoms with Crippen molar-refractivity contribution in [3.8, 4) is 0 Å². The number of benzene rings is 3. The normalized spacial score (nSPS) is 14.7. The summed E-state index contributed by atoms with van der Waals surface area (Å²) in [6.07, 6.45) is 4.38. The molecular formula is C38H44N6O4S. The van der Waals surface area contributed by atoms with E-state index in [1.807, 2.05) is 79.9 Å². The van der Waals surface area contributed by atoms with Crippen molar-refractivity contribution in [3.63, 3.8) is 0 Å². The van der Waals surface area contributed by atoms with Gasteiger partial charge in [0.05, 0.1) is 6.20 Å². The molecule has 3 aromatic carbocycles. The summed E-state index contributed by atoms with van der Waals surface area (Å²) in [5.41, 5.74) is 1.94. The van der Waals surface area contributed by atoms with Crippen LogP contribution in [0.25, 0.3) is 11.2 Å². The number of likely N-dealkylation sites (tertiary alicyclic amines) is 1. The van der Waals surface area contributed by atoms with Crippen molar-refractivity contribution in [2.45, 2.75) is 75.6 Å². The Labute approximate surface area is 288 Å². The van der Waals surface area contributed by atoms with Gasteiger partial charge in [0.1, 0.15) is 27.4 Å². The van der Waals surface area contributed by atoms with Gasteiger partial charge in [0, 0.05) is 31.4 Å². The quantitative estimate of drug-likeness (QED) is 0.165. The first-order chi connectivity index (χ1) is 23.4. The van der Waals surface area contributed by atoms with Crippen LogP contribution in [-0.2, 0) is 20.3 Å². The van der Waals surface area contributed by atoms with Crippen molar-refractivity contribution in [1.82, 2.24) is 24.2 Å². The summed E-state index contributed by atoms with van der Waals surface area (Å²) in [7, 11) is -4.01. The van der Waals surface area contributed by atoms with Crippen LogP contribution < -0.4 is 10.0 Å². The minimum Gasteiger partial charge on any atom is -0.444 e. The molecule has 0 aliphatic carbocycles. The van der Waals surface area contributed by atoms with Gasteiger partial charge in [-0.3, -0.25) is 0 Å². The molecule has 0 atom stereocenters. The highest BCUT2D eigenvalue weighted by Crippen LogP contribution is 2.44. The number of fused-ring (bicyclic) bond motifs is 1. The van der Waals surface area contributed by atoms with Gasteiger partial charge in [0.2, 0.25) is 10.0 Å². The van der Waals surface area contributed by atoms with Gasteiger partial charge in [-0.1, -0.05) is 91.0 Å². The molecule has 2 aromatic heterocycles. The predicted octanol–water partition coefficient (Wildman–Crippen LogP) is 6.77. The Bertz CT molecular complexity index is 1910. The van der Waals surface area contributed by atoms with E-state index in [9.17, 15) is 13.2 Å². The maximum atomic E-state index is 14.0. The molecule has 1 saturated heterocycles. The van der Waals surface area contributed by atoms with E-state index in [1.54, 1.807) is 31.1 Å². The molecule has 10 nitrogen and oxygen atoms in total. The summed E-state index contributed by atoms with van der Waals surface area (Å²) < 4.78 is 38.4. The third-order valence-corrected chi connectivity index (χ3v) is 10.2. The largest absolute Gasteiger partial charge is 0.444 e. The lowest BCUT2D eigenvalue weighted by molar-refractivity contribution is 0.0210. The van der Waals surface area contributed by atoms with Crippen LogP contribution >= 0.6 is 0 Å². The number of ether oxygens (including phenoxy) is 1. The number of hydrogen-bond donors (Lipinski definition) is 2. The van der Waals surface area contributed by atoms with Crippen molar-refractivity contribution >= 4 is 33.1 Å². The highest BCUT2D eigenvalue weighted by atomic mass is 32.2. The fourth-order valence-corrected chi connectivity index (χ4v) is 7.94. The number of nitrogens with zero attached hydrogens (tertiary/aromatic N) is 4. The standard InChI is InChI=1S/C38H44N6O4S/c1-27(2)42-49(46,47)32-26-44(38(28-15-9-6-10-16-28,29-17-11-7-12-18-29)30-19-13-8-14-20-30)35-34(32)41-33(25-39-35)40-31-21-23-43(24-22-31)36(45)48-37(3,4)5/h6-20,25-27,31,42H,21-24H2,1-5H3,(H,40,41). The van der Waals surface area contributed by atoms with Crippen LogP contribution in [0.5, 0.6) is 0 Å². The van der Waals surface area contributed by atoms with Gasteiger partial charge in [-0.2, -0.15) is 0 Å². The fourth-order valence-electron chi connectivity index (χ4n) is 6.56. The fraction of sp³-hybridized carbons (Fsp3) is 0.342. The van der Waals surface area contributed by atoms with Crippen molar-refractivity contribution in [2.24, 2.45) is 0 Å². The van der Waals surface area contributed by atoms with E-state index in [0.29, 0.717) is 37.4 Å². The molecular weight excluding hydrogens is 637 g/mol. The zero-order valence-corrected chi connectivity index (χ0v) is 29.4. The van der Waals surface area contributed by atoms with E-state index in [2.05, 4.69) is 46.4 Å². The van der Waals surface area contributed by atoms with Gasteiger partial charge < -0.3 is 19.5 Å². The molecule has 0 spiro atoms. The number of anilines is 1. The first kappa shape index (κ1) is 34.1. The first-order valence-corrected chi connectivity index (χ1v) is 18.2. The average Bonchev–Trinajstić information content (AvgIpc) is 3.46. The number of nitrogens with one attached hydrogen (secondary N) is 2. The lowest BCUT2D eigenvalue weighted by atomic mass is 9.76. The summed E-state index contributed by atoms with van der Waals surface area (Å²) in [5, 5.41) is 3.47. The Hall–Kier alpha value is -4.74. The molecule has 2 N–H and O–H groups in total. The summed E-state index contributed by atoms with van der Waals surface area (Å²) in [6, 6.07) is 29.8. The van der Waals surface area contributed by atoms with Crippen molar-refractivity contribution in [3.05, 3.63) is 120 Å². The molecule has 5 aromatic rings. The lowest BCUT2D eigenvalue weighted by Crippen LogP contribution is -2.44. The minimum atomic E-state index is -4.01. The molecule has 6 rings (SSSR count). The topological polar surface area (TPSA) is 118 Å². The van der Waals surface area contributed by atoms with Crippen LogP contribution in [0.1, 0.15) is 64.2 Å². The number of piperidine rings is 1. The summed E-state index contributed by atoms with van der Waals surface area (Å²) in [5.74, 6) is 0.465. The zero-order chi connectivity index (χ0) is 34.8. The Morgan fingerprint density at radius 3 is 1.84 bits per heavy atom. The molecule has 256 valence electrons. The highest BCUT2D eigenvalue weighted by Gasteiger charge is 2.41. The minimum absolute atomic E-state index is 0.0124. The third-order valence-electron chi connectivity index (χ3n) is 8.58. The maximum absolute atomic E-state index is 14.0. The second kappa shape index (κ2) is 13.6. The summed E-state index contributed by atoms with van der Waals surface area (Å²) >= 11 is 0. The van der Waals surface area contributed by atoms with E-state index in [1.165, 1.54) is 0 Å². The van der Waals surface area contributed by atoms with Gasteiger partial charge in [0.15, 0.2) is 5.65 Å². The van der Waals surface area contributed by atoms with Crippen LogP contribution in [0, 0.1) is 0 Å². The van der Waals surface area contributed by atoms with E-state index >= 15 is 0 Å². The van der Waals surface area contributed by atoms with Gasteiger partial charge >= 0.3 is 6.09 Å². The number of carbonyl (C=O) groups is 1. The maximum Gasteiger partial charge on any atom is 0.410 e. The Morgan fingerprint density at radius 1 is 0.857 bits per heavy atom. The van der Waals surface area contributed by atoms with Gasteiger partial charge in [-0.25, -0.2) is 27.9 Å². The number of aromatic nitrogens is 3.